The van der Waals surface area contributed by atoms with Crippen LogP contribution in [0.3, 0.4) is 0 Å². The van der Waals surface area contributed by atoms with Gasteiger partial charge in [0.05, 0.1) is 11.4 Å². The second-order valence-electron chi connectivity index (χ2n) is 6.67. The third-order valence-electron chi connectivity index (χ3n) is 4.68. The van der Waals surface area contributed by atoms with Gasteiger partial charge in [-0.2, -0.15) is 0 Å². The van der Waals surface area contributed by atoms with Crippen LogP contribution in [0.1, 0.15) is 32.4 Å². The minimum atomic E-state index is -0.0739. The lowest BCUT2D eigenvalue weighted by Crippen LogP contribution is -2.49. The molecule has 2 amide bonds. The summed E-state index contributed by atoms with van der Waals surface area (Å²) < 4.78 is 0. The largest absolute Gasteiger partial charge is 0.324 e. The molecule has 1 fully saturated rings. The third kappa shape index (κ3) is 2.50. The Morgan fingerprint density at radius 2 is 2.10 bits per heavy atom. The average molecular weight is 288 g/mol. The highest BCUT2D eigenvalue weighted by molar-refractivity contribution is 5.94. The van der Waals surface area contributed by atoms with Crippen LogP contribution in [0.15, 0.2) is 18.3 Å². The van der Waals surface area contributed by atoms with Crippen LogP contribution in [-0.2, 0) is 5.41 Å². The molecular weight excluding hydrogens is 264 g/mol. The van der Waals surface area contributed by atoms with Crippen LogP contribution in [0.5, 0.6) is 0 Å². The average Bonchev–Trinajstić information content (AvgIpc) is 2.79. The third-order valence-corrected chi connectivity index (χ3v) is 4.68. The molecule has 0 radical (unpaired) electrons. The first-order chi connectivity index (χ1) is 10.0. The zero-order valence-electron chi connectivity index (χ0n) is 13.1. The monoisotopic (exact) mass is 288 g/mol. The summed E-state index contributed by atoms with van der Waals surface area (Å²) in [5.41, 5.74) is 1.93. The van der Waals surface area contributed by atoms with Gasteiger partial charge in [-0.1, -0.05) is 13.8 Å². The van der Waals surface area contributed by atoms with Crippen LogP contribution < -0.4 is 10.2 Å². The number of carbonyl (C=O) groups is 1. The van der Waals surface area contributed by atoms with E-state index in [4.69, 9.17) is 0 Å². The van der Waals surface area contributed by atoms with Gasteiger partial charge in [0.25, 0.3) is 0 Å². The number of fused-ring (bicyclic) bond motifs is 1. The summed E-state index contributed by atoms with van der Waals surface area (Å²) in [6.45, 7) is 6.68. The molecule has 1 aromatic heterocycles. The standard InChI is InChI=1S/C16H24N4O/c1-16(2)11-20(13-5-4-8-18-14(13)16)15(21)19-9-6-12(17-3)7-10-19/h4-5,8,12,17H,6-7,9-11H2,1-3H3. The fraction of sp³-hybridized carbons (Fsp3) is 0.625. The molecule has 0 unspecified atom stereocenters. The van der Waals surface area contributed by atoms with Crippen LogP contribution in [0.4, 0.5) is 10.5 Å². The number of amides is 2. The van der Waals surface area contributed by atoms with E-state index in [1.54, 1.807) is 0 Å². The van der Waals surface area contributed by atoms with Crippen molar-refractivity contribution in [3.63, 3.8) is 0 Å². The molecule has 2 aliphatic rings. The number of likely N-dealkylation sites (tertiary alicyclic amines) is 1. The van der Waals surface area contributed by atoms with Crippen molar-refractivity contribution >= 4 is 11.7 Å². The quantitative estimate of drug-likeness (QED) is 0.859. The van der Waals surface area contributed by atoms with E-state index in [1.807, 2.05) is 35.2 Å². The molecule has 1 aromatic rings. The van der Waals surface area contributed by atoms with E-state index in [0.717, 1.165) is 37.3 Å². The molecule has 3 rings (SSSR count). The number of hydrogen-bond donors (Lipinski definition) is 1. The summed E-state index contributed by atoms with van der Waals surface area (Å²) in [6.07, 6.45) is 3.87. The molecule has 2 aliphatic heterocycles. The van der Waals surface area contributed by atoms with Crippen molar-refractivity contribution in [2.24, 2.45) is 0 Å². The highest BCUT2D eigenvalue weighted by Crippen LogP contribution is 2.39. The van der Waals surface area contributed by atoms with Crippen LogP contribution in [-0.4, -0.2) is 48.6 Å². The Labute approximate surface area is 126 Å². The van der Waals surface area contributed by atoms with E-state index in [0.29, 0.717) is 12.6 Å². The molecule has 0 bridgehead atoms. The van der Waals surface area contributed by atoms with Gasteiger partial charge in [0, 0.05) is 37.3 Å². The summed E-state index contributed by atoms with van der Waals surface area (Å²) >= 11 is 0. The predicted octanol–water partition coefficient (Wildman–Crippen LogP) is 1.98. The Hall–Kier alpha value is -1.62. The molecule has 5 heteroatoms. The fourth-order valence-electron chi connectivity index (χ4n) is 3.39. The minimum absolute atomic E-state index is 0.0739. The molecule has 3 heterocycles. The van der Waals surface area contributed by atoms with E-state index in [2.05, 4.69) is 24.1 Å². The minimum Gasteiger partial charge on any atom is -0.324 e. The van der Waals surface area contributed by atoms with Gasteiger partial charge in [0.1, 0.15) is 0 Å². The first-order valence-electron chi connectivity index (χ1n) is 7.72. The van der Waals surface area contributed by atoms with Gasteiger partial charge in [-0.05, 0) is 32.0 Å². The van der Waals surface area contributed by atoms with E-state index < -0.39 is 0 Å². The highest BCUT2D eigenvalue weighted by atomic mass is 16.2. The lowest BCUT2D eigenvalue weighted by Gasteiger charge is -2.34. The summed E-state index contributed by atoms with van der Waals surface area (Å²) in [6, 6.07) is 4.59. The van der Waals surface area contributed by atoms with Gasteiger partial charge in [0.15, 0.2) is 0 Å². The lowest BCUT2D eigenvalue weighted by atomic mass is 9.91. The molecule has 1 N–H and O–H groups in total. The molecule has 0 spiro atoms. The van der Waals surface area contributed by atoms with Gasteiger partial charge >= 0.3 is 6.03 Å². The number of urea groups is 1. The Bertz CT molecular complexity index is 535. The fourth-order valence-corrected chi connectivity index (χ4v) is 3.39. The van der Waals surface area contributed by atoms with Crippen LogP contribution >= 0.6 is 0 Å². The van der Waals surface area contributed by atoms with E-state index >= 15 is 0 Å². The van der Waals surface area contributed by atoms with Crippen molar-refractivity contribution in [1.82, 2.24) is 15.2 Å². The molecule has 0 aliphatic carbocycles. The van der Waals surface area contributed by atoms with Gasteiger partial charge < -0.3 is 10.2 Å². The summed E-state index contributed by atoms with van der Waals surface area (Å²) in [7, 11) is 1.99. The van der Waals surface area contributed by atoms with Crippen LogP contribution in [0.25, 0.3) is 0 Å². The number of rotatable bonds is 1. The summed E-state index contributed by atoms with van der Waals surface area (Å²) in [4.78, 5) is 21.2. The van der Waals surface area contributed by atoms with Crippen LogP contribution in [0.2, 0.25) is 0 Å². The Balaban J connectivity index is 1.78. The maximum atomic E-state index is 12.8. The van der Waals surface area contributed by atoms with E-state index in [9.17, 15) is 4.79 Å². The molecule has 0 saturated carbocycles. The molecule has 21 heavy (non-hydrogen) atoms. The van der Waals surface area contributed by atoms with Crippen molar-refractivity contribution in [2.75, 3.05) is 31.6 Å². The molecule has 0 atom stereocenters. The number of aromatic nitrogens is 1. The maximum absolute atomic E-state index is 12.8. The summed E-state index contributed by atoms with van der Waals surface area (Å²) in [5.74, 6) is 0. The van der Waals surface area contributed by atoms with Crippen molar-refractivity contribution in [2.45, 2.75) is 38.1 Å². The molecular formula is C16H24N4O. The lowest BCUT2D eigenvalue weighted by molar-refractivity contribution is 0.183. The normalized spacial score (nSPS) is 21.5. The smallest absolute Gasteiger partial charge is 0.324 e. The van der Waals surface area contributed by atoms with Gasteiger partial charge in [-0.3, -0.25) is 9.88 Å². The summed E-state index contributed by atoms with van der Waals surface area (Å²) in [5, 5.41) is 3.30. The van der Waals surface area contributed by atoms with Crippen LogP contribution in [0, 0.1) is 0 Å². The number of nitrogens with zero attached hydrogens (tertiary/aromatic N) is 3. The van der Waals surface area contributed by atoms with Crippen molar-refractivity contribution in [1.29, 1.82) is 0 Å². The zero-order valence-corrected chi connectivity index (χ0v) is 13.1. The van der Waals surface area contributed by atoms with Gasteiger partial charge in [-0.25, -0.2) is 4.79 Å². The Morgan fingerprint density at radius 1 is 1.38 bits per heavy atom. The first-order valence-corrected chi connectivity index (χ1v) is 7.72. The SMILES string of the molecule is CNC1CCN(C(=O)N2CC(C)(C)c3ncccc32)CC1. The highest BCUT2D eigenvalue weighted by Gasteiger charge is 2.40. The van der Waals surface area contributed by atoms with Crippen molar-refractivity contribution < 1.29 is 4.79 Å². The Morgan fingerprint density at radius 3 is 2.76 bits per heavy atom. The van der Waals surface area contributed by atoms with E-state index in [-0.39, 0.29) is 11.4 Å². The second-order valence-corrected chi connectivity index (χ2v) is 6.67. The number of piperidine rings is 1. The maximum Gasteiger partial charge on any atom is 0.324 e. The number of carbonyl (C=O) groups excluding carboxylic acids is 1. The van der Waals surface area contributed by atoms with Crippen molar-refractivity contribution in [3.8, 4) is 0 Å². The zero-order chi connectivity index (χ0) is 15.0. The molecule has 114 valence electrons. The number of pyridine rings is 1. The second kappa shape index (κ2) is 5.30. The molecule has 5 nitrogen and oxygen atoms in total. The Kier molecular flexibility index (Phi) is 3.61. The first kappa shape index (κ1) is 14.3. The number of anilines is 1. The number of nitrogens with one attached hydrogen (secondary N) is 1. The van der Waals surface area contributed by atoms with E-state index in [1.165, 1.54) is 0 Å². The molecule has 0 aromatic carbocycles. The topological polar surface area (TPSA) is 48.5 Å². The van der Waals surface area contributed by atoms with Gasteiger partial charge in [-0.15, -0.1) is 0 Å². The van der Waals surface area contributed by atoms with Crippen molar-refractivity contribution in [3.05, 3.63) is 24.0 Å². The predicted molar refractivity (Wildman–Crippen MR) is 83.7 cm³/mol. The number of hydrogen-bond acceptors (Lipinski definition) is 3. The molecule has 1 saturated heterocycles. The van der Waals surface area contributed by atoms with Gasteiger partial charge in [0.2, 0.25) is 0 Å².